The molecule has 0 saturated carbocycles. The smallest absolute Gasteiger partial charge is 0.127 e. The molecule has 2 unspecified atom stereocenters. The van der Waals surface area contributed by atoms with Gasteiger partial charge in [-0.1, -0.05) is 12.2 Å². The first-order valence-electron chi connectivity index (χ1n) is 6.67. The zero-order chi connectivity index (χ0) is 12.4. The Labute approximate surface area is 107 Å². The summed E-state index contributed by atoms with van der Waals surface area (Å²) in [4.78, 5) is 0. The fourth-order valence-corrected chi connectivity index (χ4v) is 2.72. The minimum absolute atomic E-state index is 0.270. The van der Waals surface area contributed by atoms with Gasteiger partial charge in [0.1, 0.15) is 18.1 Å². The van der Waals surface area contributed by atoms with E-state index < -0.39 is 0 Å². The first-order valence-corrected chi connectivity index (χ1v) is 6.67. The van der Waals surface area contributed by atoms with E-state index in [1.807, 2.05) is 6.07 Å². The lowest BCUT2D eigenvalue weighted by Gasteiger charge is -2.20. The molecule has 0 saturated heterocycles. The van der Waals surface area contributed by atoms with Crippen molar-refractivity contribution in [2.45, 2.75) is 25.3 Å². The highest BCUT2D eigenvalue weighted by molar-refractivity contribution is 5.44. The van der Waals surface area contributed by atoms with Crippen molar-refractivity contribution in [2.24, 2.45) is 5.92 Å². The molecule has 3 heteroatoms. The van der Waals surface area contributed by atoms with Crippen LogP contribution in [0.2, 0.25) is 0 Å². The van der Waals surface area contributed by atoms with E-state index in [4.69, 9.17) is 4.74 Å². The monoisotopic (exact) mass is 245 g/mol. The van der Waals surface area contributed by atoms with Gasteiger partial charge in [0.05, 0.1) is 6.04 Å². The van der Waals surface area contributed by atoms with E-state index in [-0.39, 0.29) is 11.8 Å². The molecular formula is C15H19NO2. The third-order valence-electron chi connectivity index (χ3n) is 3.81. The van der Waals surface area contributed by atoms with Crippen molar-refractivity contribution in [3.63, 3.8) is 0 Å². The number of rotatable bonds is 3. The minimum Gasteiger partial charge on any atom is -0.508 e. The number of hydrogen-bond donors (Lipinski definition) is 2. The molecule has 1 aromatic rings. The summed E-state index contributed by atoms with van der Waals surface area (Å²) in [6.45, 7) is 1.71. The molecule has 0 radical (unpaired) electrons. The molecule has 2 atom stereocenters. The highest BCUT2D eigenvalue weighted by Crippen LogP contribution is 2.35. The van der Waals surface area contributed by atoms with Gasteiger partial charge in [-0.05, 0) is 43.9 Å². The number of aromatic hydroxyl groups is 1. The molecular weight excluding hydrogens is 226 g/mol. The Morgan fingerprint density at radius 2 is 2.28 bits per heavy atom. The molecule has 3 nitrogen and oxygen atoms in total. The Bertz CT molecular complexity index is 456. The van der Waals surface area contributed by atoms with E-state index in [9.17, 15) is 5.11 Å². The van der Waals surface area contributed by atoms with Gasteiger partial charge in [0, 0.05) is 11.6 Å². The summed E-state index contributed by atoms with van der Waals surface area (Å²) in [7, 11) is 0. The Morgan fingerprint density at radius 3 is 3.11 bits per heavy atom. The predicted octanol–water partition coefficient (Wildman–Crippen LogP) is 2.77. The van der Waals surface area contributed by atoms with Crippen LogP contribution in [-0.2, 0) is 0 Å². The average Bonchev–Trinajstić information content (AvgIpc) is 2.80. The van der Waals surface area contributed by atoms with Gasteiger partial charge in [-0.25, -0.2) is 0 Å². The highest BCUT2D eigenvalue weighted by Gasteiger charge is 2.24. The van der Waals surface area contributed by atoms with Crippen LogP contribution < -0.4 is 10.1 Å². The second kappa shape index (κ2) is 5.02. The molecule has 1 heterocycles. The van der Waals surface area contributed by atoms with Crippen molar-refractivity contribution in [1.29, 1.82) is 0 Å². The Hall–Kier alpha value is -1.48. The topological polar surface area (TPSA) is 41.5 Å². The van der Waals surface area contributed by atoms with Crippen LogP contribution in [0.15, 0.2) is 30.4 Å². The van der Waals surface area contributed by atoms with Gasteiger partial charge in [0.2, 0.25) is 0 Å². The third-order valence-corrected chi connectivity index (χ3v) is 3.81. The highest BCUT2D eigenvalue weighted by atomic mass is 16.5. The molecule has 1 aliphatic heterocycles. The van der Waals surface area contributed by atoms with Gasteiger partial charge in [-0.2, -0.15) is 0 Å². The van der Waals surface area contributed by atoms with Crippen molar-refractivity contribution in [3.05, 3.63) is 35.9 Å². The number of benzene rings is 1. The maximum Gasteiger partial charge on any atom is 0.127 e. The van der Waals surface area contributed by atoms with Gasteiger partial charge < -0.3 is 15.2 Å². The van der Waals surface area contributed by atoms with E-state index in [1.54, 1.807) is 12.1 Å². The van der Waals surface area contributed by atoms with Gasteiger partial charge in [-0.15, -0.1) is 0 Å². The van der Waals surface area contributed by atoms with Gasteiger partial charge >= 0.3 is 0 Å². The minimum atomic E-state index is 0.270. The predicted molar refractivity (Wildman–Crippen MR) is 70.8 cm³/mol. The lowest BCUT2D eigenvalue weighted by molar-refractivity contribution is 0.299. The lowest BCUT2D eigenvalue weighted by atomic mass is 9.94. The summed E-state index contributed by atoms with van der Waals surface area (Å²) in [5.74, 6) is 1.83. The Morgan fingerprint density at radius 1 is 1.33 bits per heavy atom. The molecule has 2 aliphatic rings. The van der Waals surface area contributed by atoms with E-state index in [0.29, 0.717) is 6.61 Å². The second-order valence-electron chi connectivity index (χ2n) is 5.14. The van der Waals surface area contributed by atoms with E-state index >= 15 is 0 Å². The number of phenolic OH excluding ortho intramolecular Hbond substituents is 1. The first kappa shape index (κ1) is 11.6. The molecule has 1 aliphatic carbocycles. The first-order chi connectivity index (χ1) is 8.83. The molecule has 1 aromatic carbocycles. The van der Waals surface area contributed by atoms with Crippen molar-refractivity contribution in [1.82, 2.24) is 5.32 Å². The second-order valence-corrected chi connectivity index (χ2v) is 5.14. The molecule has 18 heavy (non-hydrogen) atoms. The largest absolute Gasteiger partial charge is 0.508 e. The SMILES string of the molecule is Oc1ccc2c(c1)OCC2NCC1CC=CCC1. The molecule has 0 aromatic heterocycles. The average molecular weight is 245 g/mol. The van der Waals surface area contributed by atoms with Gasteiger partial charge in [0.15, 0.2) is 0 Å². The summed E-state index contributed by atoms with van der Waals surface area (Å²) in [5.41, 5.74) is 1.17. The molecule has 0 bridgehead atoms. The van der Waals surface area contributed by atoms with E-state index in [0.717, 1.165) is 18.2 Å². The summed E-state index contributed by atoms with van der Waals surface area (Å²) in [6.07, 6.45) is 8.22. The van der Waals surface area contributed by atoms with Crippen LogP contribution in [0.4, 0.5) is 0 Å². The Balaban J connectivity index is 1.60. The Kier molecular flexibility index (Phi) is 3.24. The van der Waals surface area contributed by atoms with Gasteiger partial charge in [-0.3, -0.25) is 0 Å². The fourth-order valence-electron chi connectivity index (χ4n) is 2.72. The number of phenols is 1. The molecule has 3 rings (SSSR count). The number of allylic oxidation sites excluding steroid dienone is 2. The number of ether oxygens (including phenoxy) is 1. The number of nitrogens with one attached hydrogen (secondary N) is 1. The van der Waals surface area contributed by atoms with Crippen molar-refractivity contribution < 1.29 is 9.84 Å². The van der Waals surface area contributed by atoms with Crippen LogP contribution in [0.1, 0.15) is 30.9 Å². The third kappa shape index (κ3) is 2.36. The zero-order valence-electron chi connectivity index (χ0n) is 10.4. The van der Waals surface area contributed by atoms with Crippen LogP contribution in [0, 0.1) is 5.92 Å². The zero-order valence-corrected chi connectivity index (χ0v) is 10.4. The molecule has 0 fully saturated rings. The number of hydrogen-bond acceptors (Lipinski definition) is 3. The molecule has 0 amide bonds. The maximum absolute atomic E-state index is 9.41. The van der Waals surface area contributed by atoms with Crippen molar-refractivity contribution in [2.75, 3.05) is 13.2 Å². The van der Waals surface area contributed by atoms with Crippen molar-refractivity contribution >= 4 is 0 Å². The van der Waals surface area contributed by atoms with Crippen molar-refractivity contribution in [3.8, 4) is 11.5 Å². The van der Waals surface area contributed by atoms with Crippen LogP contribution >= 0.6 is 0 Å². The number of fused-ring (bicyclic) bond motifs is 1. The lowest BCUT2D eigenvalue weighted by Crippen LogP contribution is -2.28. The van der Waals surface area contributed by atoms with E-state index in [2.05, 4.69) is 17.5 Å². The molecule has 2 N–H and O–H groups in total. The summed E-state index contributed by atoms with van der Waals surface area (Å²) in [5, 5.41) is 13.0. The summed E-state index contributed by atoms with van der Waals surface area (Å²) >= 11 is 0. The van der Waals surface area contributed by atoms with E-state index in [1.165, 1.54) is 24.8 Å². The standard InChI is InChI=1S/C15H19NO2/c17-12-6-7-13-14(10-18-15(13)8-12)16-9-11-4-2-1-3-5-11/h1-2,6-8,11,14,16-17H,3-5,9-10H2. The molecule has 0 spiro atoms. The van der Waals surface area contributed by atoms with Gasteiger partial charge in [0.25, 0.3) is 0 Å². The van der Waals surface area contributed by atoms with Crippen LogP contribution in [0.5, 0.6) is 11.5 Å². The van der Waals surface area contributed by atoms with Crippen LogP contribution in [0.3, 0.4) is 0 Å². The van der Waals surface area contributed by atoms with Crippen LogP contribution in [-0.4, -0.2) is 18.3 Å². The summed E-state index contributed by atoms with van der Waals surface area (Å²) < 4.78 is 5.60. The maximum atomic E-state index is 9.41. The normalized spacial score (nSPS) is 25.8. The summed E-state index contributed by atoms with van der Waals surface area (Å²) in [6, 6.07) is 5.65. The van der Waals surface area contributed by atoms with Crippen LogP contribution in [0.25, 0.3) is 0 Å². The quantitative estimate of drug-likeness (QED) is 0.805. The molecule has 96 valence electrons. The fraction of sp³-hybridized carbons (Fsp3) is 0.467.